The van der Waals surface area contributed by atoms with Crippen molar-refractivity contribution in [1.29, 1.82) is 0 Å². The summed E-state index contributed by atoms with van der Waals surface area (Å²) in [6.45, 7) is 4.53. The summed E-state index contributed by atoms with van der Waals surface area (Å²) < 4.78 is 0. The molecule has 16 heavy (non-hydrogen) atoms. The summed E-state index contributed by atoms with van der Waals surface area (Å²) in [6, 6.07) is 0. The van der Waals surface area contributed by atoms with Crippen LogP contribution in [0, 0.1) is 0 Å². The highest BCUT2D eigenvalue weighted by molar-refractivity contribution is 8.07. The largest absolute Gasteiger partial charge is 0.392 e. The molecule has 0 spiro atoms. The molecule has 0 amide bonds. The fraction of sp³-hybridized carbons (Fsp3) is 0.727. The third-order valence-corrected chi connectivity index (χ3v) is 7.24. The van der Waals surface area contributed by atoms with E-state index in [0.29, 0.717) is 15.7 Å². The molecule has 1 fully saturated rings. The molecule has 90 valence electrons. The minimum absolute atomic E-state index is 0.229. The van der Waals surface area contributed by atoms with E-state index in [9.17, 15) is 5.11 Å². The number of hydrogen-bond acceptors (Lipinski definition) is 5. The minimum Gasteiger partial charge on any atom is -0.392 e. The SMILES string of the molecule is CC1SCC(C(O)Cc2cncs2)SC1C. The van der Waals surface area contributed by atoms with E-state index in [1.165, 1.54) is 4.88 Å². The van der Waals surface area contributed by atoms with Gasteiger partial charge in [0.1, 0.15) is 0 Å². The second-order valence-electron chi connectivity index (χ2n) is 4.16. The van der Waals surface area contributed by atoms with E-state index >= 15 is 0 Å². The first-order valence-corrected chi connectivity index (χ1v) is 8.36. The lowest BCUT2D eigenvalue weighted by atomic mass is 10.2. The van der Waals surface area contributed by atoms with Crippen LogP contribution < -0.4 is 0 Å². The highest BCUT2D eigenvalue weighted by Gasteiger charge is 2.30. The first-order valence-electron chi connectivity index (χ1n) is 5.49. The van der Waals surface area contributed by atoms with Crippen molar-refractivity contribution in [2.24, 2.45) is 0 Å². The maximum absolute atomic E-state index is 10.2. The third kappa shape index (κ3) is 3.15. The van der Waals surface area contributed by atoms with E-state index < -0.39 is 0 Å². The van der Waals surface area contributed by atoms with Crippen LogP contribution in [-0.2, 0) is 6.42 Å². The Kier molecular flexibility index (Phi) is 4.58. The second-order valence-corrected chi connectivity index (χ2v) is 8.16. The molecule has 0 radical (unpaired) electrons. The van der Waals surface area contributed by atoms with Crippen molar-refractivity contribution >= 4 is 34.9 Å². The molecule has 0 saturated carbocycles. The Balaban J connectivity index is 1.88. The van der Waals surface area contributed by atoms with Crippen LogP contribution >= 0.6 is 34.9 Å². The van der Waals surface area contributed by atoms with Crippen molar-refractivity contribution in [3.8, 4) is 0 Å². The molecule has 1 aliphatic heterocycles. The van der Waals surface area contributed by atoms with Gasteiger partial charge in [-0.05, 0) is 0 Å². The van der Waals surface area contributed by atoms with E-state index in [4.69, 9.17) is 0 Å². The maximum atomic E-state index is 10.2. The molecule has 4 atom stereocenters. The molecule has 2 nitrogen and oxygen atoms in total. The Morgan fingerprint density at radius 3 is 2.94 bits per heavy atom. The van der Waals surface area contributed by atoms with Crippen LogP contribution in [0.15, 0.2) is 11.7 Å². The normalized spacial score (nSPS) is 32.6. The van der Waals surface area contributed by atoms with E-state index in [0.717, 1.165) is 12.2 Å². The van der Waals surface area contributed by atoms with Crippen molar-refractivity contribution in [2.45, 2.75) is 42.1 Å². The zero-order valence-electron chi connectivity index (χ0n) is 9.50. The van der Waals surface area contributed by atoms with Gasteiger partial charge in [0.25, 0.3) is 0 Å². The predicted octanol–water partition coefficient (Wildman–Crippen LogP) is 2.67. The third-order valence-electron chi connectivity index (χ3n) is 2.90. The smallest absolute Gasteiger partial charge is 0.0794 e. The molecule has 1 aromatic heterocycles. The molecule has 4 unspecified atom stereocenters. The predicted molar refractivity (Wildman–Crippen MR) is 74.6 cm³/mol. The number of hydrogen-bond donors (Lipinski definition) is 1. The van der Waals surface area contributed by atoms with Crippen LogP contribution in [-0.4, -0.2) is 37.7 Å². The van der Waals surface area contributed by atoms with E-state index in [2.05, 4.69) is 18.8 Å². The first kappa shape index (κ1) is 12.7. The molecule has 2 heterocycles. The lowest BCUT2D eigenvalue weighted by Crippen LogP contribution is -2.35. The van der Waals surface area contributed by atoms with Gasteiger partial charge in [0.2, 0.25) is 0 Å². The van der Waals surface area contributed by atoms with Gasteiger partial charge in [-0.3, -0.25) is 4.98 Å². The average molecular weight is 275 g/mol. The van der Waals surface area contributed by atoms with Crippen LogP contribution in [0.2, 0.25) is 0 Å². The topological polar surface area (TPSA) is 33.1 Å². The van der Waals surface area contributed by atoms with Gasteiger partial charge < -0.3 is 5.11 Å². The molecule has 0 aliphatic carbocycles. The van der Waals surface area contributed by atoms with Gasteiger partial charge in [0, 0.05) is 39.0 Å². The van der Waals surface area contributed by atoms with Gasteiger partial charge in [0.05, 0.1) is 11.6 Å². The number of nitrogens with zero attached hydrogens (tertiary/aromatic N) is 1. The first-order chi connectivity index (χ1) is 7.66. The van der Waals surface area contributed by atoms with E-state index in [-0.39, 0.29) is 6.10 Å². The van der Waals surface area contributed by atoms with Crippen molar-refractivity contribution in [3.05, 3.63) is 16.6 Å². The summed E-state index contributed by atoms with van der Waals surface area (Å²) in [7, 11) is 0. The quantitative estimate of drug-likeness (QED) is 0.919. The fourth-order valence-electron chi connectivity index (χ4n) is 1.69. The Labute approximate surface area is 109 Å². The molecule has 1 aromatic rings. The molecule has 0 aromatic carbocycles. The van der Waals surface area contributed by atoms with Crippen molar-refractivity contribution in [3.63, 3.8) is 0 Å². The van der Waals surface area contributed by atoms with Gasteiger partial charge in [-0.15, -0.1) is 11.3 Å². The molecule has 0 bridgehead atoms. The highest BCUT2D eigenvalue weighted by Crippen LogP contribution is 2.37. The van der Waals surface area contributed by atoms with Crippen LogP contribution in [0.3, 0.4) is 0 Å². The average Bonchev–Trinajstić information content (AvgIpc) is 2.74. The van der Waals surface area contributed by atoms with Crippen LogP contribution in [0.4, 0.5) is 0 Å². The second kappa shape index (κ2) is 5.76. The van der Waals surface area contributed by atoms with E-state index in [1.54, 1.807) is 11.3 Å². The van der Waals surface area contributed by atoms with Crippen molar-refractivity contribution in [1.82, 2.24) is 4.98 Å². The van der Waals surface area contributed by atoms with Crippen LogP contribution in [0.5, 0.6) is 0 Å². The number of thiazole rings is 1. The molecule has 1 aliphatic rings. The van der Waals surface area contributed by atoms with E-state index in [1.807, 2.05) is 35.2 Å². The standard InChI is InChI=1S/C11H17NOS3/c1-7-8(2)16-11(5-14-7)10(13)3-9-4-12-6-15-9/h4,6-8,10-11,13H,3,5H2,1-2H3. The molecule has 2 rings (SSSR count). The minimum atomic E-state index is -0.229. The van der Waals surface area contributed by atoms with Gasteiger partial charge >= 0.3 is 0 Å². The fourth-order valence-corrected chi connectivity index (χ4v) is 5.35. The number of rotatable bonds is 3. The maximum Gasteiger partial charge on any atom is 0.0794 e. The van der Waals surface area contributed by atoms with Gasteiger partial charge in [-0.25, -0.2) is 0 Å². The monoisotopic (exact) mass is 275 g/mol. The van der Waals surface area contributed by atoms with Gasteiger partial charge in [-0.1, -0.05) is 13.8 Å². The zero-order valence-corrected chi connectivity index (χ0v) is 11.9. The highest BCUT2D eigenvalue weighted by atomic mass is 32.2. The van der Waals surface area contributed by atoms with Crippen molar-refractivity contribution < 1.29 is 5.11 Å². The lowest BCUT2D eigenvalue weighted by Gasteiger charge is -2.33. The summed E-state index contributed by atoms with van der Waals surface area (Å²) in [5.41, 5.74) is 1.83. The summed E-state index contributed by atoms with van der Waals surface area (Å²) in [6.07, 6.45) is 2.39. The van der Waals surface area contributed by atoms with Crippen LogP contribution in [0.25, 0.3) is 0 Å². The number of aliphatic hydroxyl groups is 1. The lowest BCUT2D eigenvalue weighted by molar-refractivity contribution is 0.178. The molecule has 1 saturated heterocycles. The Hall–Kier alpha value is 0.290. The Morgan fingerprint density at radius 2 is 2.31 bits per heavy atom. The summed E-state index contributed by atoms with van der Waals surface area (Å²) >= 11 is 5.55. The summed E-state index contributed by atoms with van der Waals surface area (Å²) in [4.78, 5) is 5.23. The molecule has 5 heteroatoms. The number of aliphatic hydroxyl groups excluding tert-OH is 1. The molecule has 1 N–H and O–H groups in total. The van der Waals surface area contributed by atoms with Gasteiger partial charge in [-0.2, -0.15) is 23.5 Å². The Bertz CT molecular complexity index is 317. The van der Waals surface area contributed by atoms with Crippen molar-refractivity contribution in [2.75, 3.05) is 5.75 Å². The number of thioether (sulfide) groups is 2. The number of aromatic nitrogens is 1. The summed E-state index contributed by atoms with van der Waals surface area (Å²) in [5, 5.41) is 11.9. The van der Waals surface area contributed by atoms with Crippen LogP contribution in [0.1, 0.15) is 18.7 Å². The molecular weight excluding hydrogens is 258 g/mol. The Morgan fingerprint density at radius 1 is 1.50 bits per heavy atom. The zero-order chi connectivity index (χ0) is 11.5. The molecular formula is C11H17NOS3. The van der Waals surface area contributed by atoms with Gasteiger partial charge in [0.15, 0.2) is 0 Å². The summed E-state index contributed by atoms with van der Waals surface area (Å²) in [5.74, 6) is 1.07.